The van der Waals surface area contributed by atoms with Crippen LogP contribution in [0.5, 0.6) is 0 Å². The van der Waals surface area contributed by atoms with Crippen molar-refractivity contribution in [2.75, 3.05) is 6.54 Å². The lowest BCUT2D eigenvalue weighted by atomic mass is 10.1. The monoisotopic (exact) mass is 176 g/mol. The van der Waals surface area contributed by atoms with Gasteiger partial charge < -0.3 is 15.8 Å². The summed E-state index contributed by atoms with van der Waals surface area (Å²) in [6.45, 7) is 0.260. The quantitative estimate of drug-likeness (QED) is 0.643. The van der Waals surface area contributed by atoms with Crippen LogP contribution in [0.4, 0.5) is 0 Å². The number of rotatable bonds is 2. The number of nitrogens with one attached hydrogen (secondary N) is 1. The van der Waals surface area contributed by atoms with Crippen LogP contribution in [0.15, 0.2) is 30.5 Å². The summed E-state index contributed by atoms with van der Waals surface area (Å²) in [5, 5.41) is 10.6. The predicted octanol–water partition coefficient (Wildman–Crippen LogP) is 1.16. The standard InChI is InChI=1S/C10H12N2O/c11-6-10(13)8-1-2-9-7(5-8)3-4-12-9/h1-5,10,12-13H,6,11H2/t10-/m1/s1. The van der Waals surface area contributed by atoms with E-state index in [1.807, 2.05) is 30.5 Å². The summed E-state index contributed by atoms with van der Waals surface area (Å²) in [6, 6.07) is 7.76. The summed E-state index contributed by atoms with van der Waals surface area (Å²) in [7, 11) is 0. The highest BCUT2D eigenvalue weighted by molar-refractivity contribution is 5.79. The summed E-state index contributed by atoms with van der Waals surface area (Å²) in [5.74, 6) is 0. The van der Waals surface area contributed by atoms with E-state index in [2.05, 4.69) is 4.98 Å². The molecule has 0 radical (unpaired) electrons. The van der Waals surface area contributed by atoms with E-state index in [1.54, 1.807) is 0 Å². The zero-order valence-electron chi connectivity index (χ0n) is 7.20. The summed E-state index contributed by atoms with van der Waals surface area (Å²) in [4.78, 5) is 3.09. The third-order valence-corrected chi connectivity index (χ3v) is 2.19. The molecule has 2 rings (SSSR count). The topological polar surface area (TPSA) is 62.0 Å². The Labute approximate surface area is 76.2 Å². The molecule has 3 heteroatoms. The van der Waals surface area contributed by atoms with E-state index < -0.39 is 6.10 Å². The lowest BCUT2D eigenvalue weighted by Crippen LogP contribution is -2.11. The maximum atomic E-state index is 9.49. The zero-order valence-corrected chi connectivity index (χ0v) is 7.20. The largest absolute Gasteiger partial charge is 0.387 e. The number of aliphatic hydroxyl groups excluding tert-OH is 1. The zero-order chi connectivity index (χ0) is 9.26. The van der Waals surface area contributed by atoms with Crippen molar-refractivity contribution in [3.8, 4) is 0 Å². The maximum Gasteiger partial charge on any atom is 0.0912 e. The lowest BCUT2D eigenvalue weighted by Gasteiger charge is -2.07. The summed E-state index contributed by atoms with van der Waals surface area (Å²) < 4.78 is 0. The van der Waals surface area contributed by atoms with Gasteiger partial charge in [0.25, 0.3) is 0 Å². The Morgan fingerprint density at radius 3 is 3.00 bits per heavy atom. The van der Waals surface area contributed by atoms with Gasteiger partial charge in [-0.1, -0.05) is 6.07 Å². The molecule has 0 amide bonds. The van der Waals surface area contributed by atoms with Crippen molar-refractivity contribution in [1.82, 2.24) is 4.98 Å². The van der Waals surface area contributed by atoms with Crippen LogP contribution in [0.1, 0.15) is 11.7 Å². The number of benzene rings is 1. The van der Waals surface area contributed by atoms with Gasteiger partial charge >= 0.3 is 0 Å². The first-order valence-electron chi connectivity index (χ1n) is 4.26. The molecule has 0 aliphatic heterocycles. The second-order valence-electron chi connectivity index (χ2n) is 3.08. The normalized spacial score (nSPS) is 13.4. The Balaban J connectivity index is 2.48. The summed E-state index contributed by atoms with van der Waals surface area (Å²) in [5.41, 5.74) is 7.31. The maximum absolute atomic E-state index is 9.49. The number of H-pyrrole nitrogens is 1. The number of aromatic nitrogens is 1. The highest BCUT2D eigenvalue weighted by atomic mass is 16.3. The molecule has 1 atom stereocenters. The third-order valence-electron chi connectivity index (χ3n) is 2.19. The molecule has 13 heavy (non-hydrogen) atoms. The van der Waals surface area contributed by atoms with Gasteiger partial charge in [-0.05, 0) is 29.1 Å². The van der Waals surface area contributed by atoms with Gasteiger partial charge in [-0.2, -0.15) is 0 Å². The van der Waals surface area contributed by atoms with Crippen LogP contribution in [0.25, 0.3) is 10.9 Å². The van der Waals surface area contributed by atoms with E-state index in [9.17, 15) is 5.11 Å². The molecule has 0 spiro atoms. The number of nitrogens with two attached hydrogens (primary N) is 1. The SMILES string of the molecule is NC[C@@H](O)c1ccc2[nH]ccc2c1. The third kappa shape index (κ3) is 1.43. The molecule has 1 heterocycles. The molecule has 0 saturated carbocycles. The number of hydrogen-bond acceptors (Lipinski definition) is 2. The number of aliphatic hydroxyl groups is 1. The average Bonchev–Trinajstić information content (AvgIpc) is 2.63. The molecule has 2 aromatic rings. The highest BCUT2D eigenvalue weighted by Gasteiger charge is 2.05. The van der Waals surface area contributed by atoms with Gasteiger partial charge in [0.15, 0.2) is 0 Å². The molecule has 0 unspecified atom stereocenters. The lowest BCUT2D eigenvalue weighted by molar-refractivity contribution is 0.187. The van der Waals surface area contributed by atoms with E-state index in [0.717, 1.165) is 16.5 Å². The Morgan fingerprint density at radius 2 is 2.23 bits per heavy atom. The van der Waals surface area contributed by atoms with Crippen LogP contribution in [-0.2, 0) is 0 Å². The minimum absolute atomic E-state index is 0.260. The van der Waals surface area contributed by atoms with Crippen LogP contribution in [-0.4, -0.2) is 16.6 Å². The van der Waals surface area contributed by atoms with Crippen molar-refractivity contribution in [3.63, 3.8) is 0 Å². The van der Waals surface area contributed by atoms with Gasteiger partial charge in [0, 0.05) is 18.3 Å². The fourth-order valence-corrected chi connectivity index (χ4v) is 1.42. The van der Waals surface area contributed by atoms with E-state index in [0.29, 0.717) is 0 Å². The molecule has 0 bridgehead atoms. The fourth-order valence-electron chi connectivity index (χ4n) is 1.42. The second-order valence-corrected chi connectivity index (χ2v) is 3.08. The van der Waals surface area contributed by atoms with Gasteiger partial charge in [-0.3, -0.25) is 0 Å². The van der Waals surface area contributed by atoms with Crippen LogP contribution in [0, 0.1) is 0 Å². The van der Waals surface area contributed by atoms with Crippen molar-refractivity contribution >= 4 is 10.9 Å². The Morgan fingerprint density at radius 1 is 1.38 bits per heavy atom. The first-order valence-corrected chi connectivity index (χ1v) is 4.26. The minimum atomic E-state index is -0.556. The highest BCUT2D eigenvalue weighted by Crippen LogP contribution is 2.18. The molecule has 0 aliphatic rings. The van der Waals surface area contributed by atoms with Crippen LogP contribution < -0.4 is 5.73 Å². The van der Waals surface area contributed by atoms with Crippen molar-refractivity contribution in [2.24, 2.45) is 5.73 Å². The summed E-state index contributed by atoms with van der Waals surface area (Å²) >= 11 is 0. The molecule has 68 valence electrons. The van der Waals surface area contributed by atoms with E-state index >= 15 is 0 Å². The number of fused-ring (bicyclic) bond motifs is 1. The smallest absolute Gasteiger partial charge is 0.0912 e. The molecule has 3 nitrogen and oxygen atoms in total. The molecule has 1 aromatic carbocycles. The first-order chi connectivity index (χ1) is 6.31. The van der Waals surface area contributed by atoms with Crippen LogP contribution in [0.2, 0.25) is 0 Å². The van der Waals surface area contributed by atoms with Crippen LogP contribution >= 0.6 is 0 Å². The van der Waals surface area contributed by atoms with Crippen molar-refractivity contribution < 1.29 is 5.11 Å². The van der Waals surface area contributed by atoms with Gasteiger partial charge in [0.05, 0.1) is 6.10 Å². The molecule has 4 N–H and O–H groups in total. The van der Waals surface area contributed by atoms with Gasteiger partial charge in [0.2, 0.25) is 0 Å². The molecule has 0 fully saturated rings. The summed E-state index contributed by atoms with van der Waals surface area (Å²) in [6.07, 6.45) is 1.32. The van der Waals surface area contributed by atoms with Gasteiger partial charge in [-0.25, -0.2) is 0 Å². The van der Waals surface area contributed by atoms with Crippen molar-refractivity contribution in [2.45, 2.75) is 6.10 Å². The predicted molar refractivity (Wildman–Crippen MR) is 52.3 cm³/mol. The molecule has 1 aromatic heterocycles. The fraction of sp³-hybridized carbons (Fsp3) is 0.200. The van der Waals surface area contributed by atoms with Crippen LogP contribution in [0.3, 0.4) is 0 Å². The van der Waals surface area contributed by atoms with Crippen molar-refractivity contribution in [3.05, 3.63) is 36.0 Å². The first kappa shape index (κ1) is 8.29. The van der Waals surface area contributed by atoms with E-state index in [-0.39, 0.29) is 6.54 Å². The minimum Gasteiger partial charge on any atom is -0.387 e. The van der Waals surface area contributed by atoms with E-state index in [1.165, 1.54) is 0 Å². The molecule has 0 saturated heterocycles. The molecular weight excluding hydrogens is 164 g/mol. The molecule has 0 aliphatic carbocycles. The van der Waals surface area contributed by atoms with Crippen molar-refractivity contribution in [1.29, 1.82) is 0 Å². The van der Waals surface area contributed by atoms with E-state index in [4.69, 9.17) is 5.73 Å². The Kier molecular flexibility index (Phi) is 2.04. The average molecular weight is 176 g/mol. The molecular formula is C10H12N2O. The van der Waals surface area contributed by atoms with Gasteiger partial charge in [0.1, 0.15) is 0 Å². The number of hydrogen-bond donors (Lipinski definition) is 3. The Hall–Kier alpha value is -1.32. The number of aromatic amines is 1. The second kappa shape index (κ2) is 3.20. The Bertz CT molecular complexity index is 408. The van der Waals surface area contributed by atoms with Gasteiger partial charge in [-0.15, -0.1) is 0 Å².